The first kappa shape index (κ1) is 10.4. The van der Waals surface area contributed by atoms with Crippen LogP contribution in [0.4, 0.5) is 0 Å². The maximum absolute atomic E-state index is 5.80. The van der Waals surface area contributed by atoms with Crippen LogP contribution in [-0.2, 0) is 0 Å². The summed E-state index contributed by atoms with van der Waals surface area (Å²) in [5.41, 5.74) is 7.29. The van der Waals surface area contributed by atoms with E-state index in [9.17, 15) is 0 Å². The van der Waals surface area contributed by atoms with Gasteiger partial charge in [-0.1, -0.05) is 27.2 Å². The van der Waals surface area contributed by atoms with Gasteiger partial charge in [0, 0.05) is 18.4 Å². The van der Waals surface area contributed by atoms with E-state index in [2.05, 4.69) is 26.1 Å². The Morgan fingerprint density at radius 2 is 2.15 bits per heavy atom. The Kier molecular flexibility index (Phi) is 3.23. The molecule has 1 aliphatic rings. The van der Waals surface area contributed by atoms with Crippen molar-refractivity contribution >= 4 is 0 Å². The smallest absolute Gasteiger partial charge is 0.0266 e. The zero-order chi connectivity index (χ0) is 9.90. The van der Waals surface area contributed by atoms with Crippen LogP contribution in [0.5, 0.6) is 0 Å². The van der Waals surface area contributed by atoms with Gasteiger partial charge in [-0.25, -0.2) is 0 Å². The van der Waals surface area contributed by atoms with Gasteiger partial charge in [0.25, 0.3) is 0 Å². The average molecular weight is 182 g/mol. The van der Waals surface area contributed by atoms with Gasteiger partial charge in [0.15, 0.2) is 0 Å². The lowest BCUT2D eigenvalue weighted by molar-refractivity contribution is 0.163. The van der Waals surface area contributed by atoms with Crippen LogP contribution < -0.4 is 11.1 Å². The fourth-order valence-electron chi connectivity index (χ4n) is 1.54. The van der Waals surface area contributed by atoms with E-state index >= 15 is 0 Å². The summed E-state index contributed by atoms with van der Waals surface area (Å²) < 4.78 is 0. The zero-order valence-corrected chi connectivity index (χ0v) is 9.06. The highest BCUT2D eigenvalue weighted by Crippen LogP contribution is 2.39. The van der Waals surface area contributed by atoms with Crippen LogP contribution in [0.1, 0.15) is 40.0 Å². The quantitative estimate of drug-likeness (QED) is 0.699. The third-order valence-electron chi connectivity index (χ3n) is 3.02. The van der Waals surface area contributed by atoms with Gasteiger partial charge in [-0.3, -0.25) is 0 Å². The van der Waals surface area contributed by atoms with Crippen molar-refractivity contribution in [3.63, 3.8) is 0 Å². The van der Waals surface area contributed by atoms with Gasteiger partial charge in [0.1, 0.15) is 0 Å². The summed E-state index contributed by atoms with van der Waals surface area (Å²) in [6, 6.07) is 0. The highest BCUT2D eigenvalue weighted by molar-refractivity contribution is 4.99. The summed E-state index contributed by atoms with van der Waals surface area (Å²) in [5.74, 6) is 0.446. The van der Waals surface area contributed by atoms with Gasteiger partial charge < -0.3 is 11.1 Å². The lowest BCUT2D eigenvalue weighted by Gasteiger charge is -2.38. The Bertz CT molecular complexity index is 190. The summed E-state index contributed by atoms with van der Waals surface area (Å²) in [6.07, 6.45) is 6.07. The first-order chi connectivity index (χ1) is 6.03. The molecule has 2 heteroatoms. The molecule has 3 N–H and O–H groups in total. The molecule has 0 heterocycles. The Balaban J connectivity index is 2.23. The van der Waals surface area contributed by atoms with Crippen LogP contribution in [0.15, 0.2) is 11.9 Å². The highest BCUT2D eigenvalue weighted by Gasteiger charge is 2.30. The molecule has 1 saturated carbocycles. The number of nitrogens with two attached hydrogens (primary N) is 1. The Morgan fingerprint density at radius 1 is 1.54 bits per heavy atom. The Hall–Kier alpha value is -0.660. The summed E-state index contributed by atoms with van der Waals surface area (Å²) in [7, 11) is 0. The van der Waals surface area contributed by atoms with Crippen LogP contribution in [0.3, 0.4) is 0 Å². The van der Waals surface area contributed by atoms with E-state index in [0.717, 1.165) is 12.2 Å². The summed E-state index contributed by atoms with van der Waals surface area (Å²) in [6.45, 7) is 7.63. The highest BCUT2D eigenvalue weighted by atomic mass is 14.9. The van der Waals surface area contributed by atoms with E-state index < -0.39 is 0 Å². The van der Waals surface area contributed by atoms with Gasteiger partial charge in [0.2, 0.25) is 0 Å². The topological polar surface area (TPSA) is 38.0 Å². The number of rotatable bonds is 4. The number of hydrogen-bond acceptors (Lipinski definition) is 2. The van der Waals surface area contributed by atoms with Crippen molar-refractivity contribution in [3.05, 3.63) is 11.9 Å². The number of nitrogens with one attached hydrogen (secondary N) is 1. The second-order valence-electron chi connectivity index (χ2n) is 4.84. The summed E-state index contributed by atoms with van der Waals surface area (Å²) in [5, 5.41) is 3.32. The van der Waals surface area contributed by atoms with Gasteiger partial charge in [-0.2, -0.15) is 0 Å². The van der Waals surface area contributed by atoms with Crippen molar-refractivity contribution in [1.29, 1.82) is 0 Å². The number of allylic oxidation sites excluding steroid dienone is 1. The molecule has 1 rings (SSSR count). The fraction of sp³-hybridized carbons (Fsp3) is 0.818. The van der Waals surface area contributed by atoms with Crippen LogP contribution >= 0.6 is 0 Å². The number of hydrogen-bond donors (Lipinski definition) is 2. The molecule has 0 spiro atoms. The fourth-order valence-corrected chi connectivity index (χ4v) is 1.54. The normalized spacial score (nSPS) is 21.4. The molecular weight excluding hydrogens is 160 g/mol. The van der Waals surface area contributed by atoms with Crippen molar-refractivity contribution in [2.45, 2.75) is 40.0 Å². The molecule has 0 bridgehead atoms. The molecule has 1 aliphatic carbocycles. The first-order valence-corrected chi connectivity index (χ1v) is 5.22. The van der Waals surface area contributed by atoms with E-state index in [1.807, 2.05) is 6.20 Å². The predicted molar refractivity (Wildman–Crippen MR) is 57.1 cm³/mol. The molecule has 0 aliphatic heterocycles. The van der Waals surface area contributed by atoms with Crippen molar-refractivity contribution < 1.29 is 0 Å². The van der Waals surface area contributed by atoms with Gasteiger partial charge in [0.05, 0.1) is 0 Å². The predicted octanol–water partition coefficient (Wildman–Crippen LogP) is 2.22. The van der Waals surface area contributed by atoms with E-state index in [-0.39, 0.29) is 0 Å². The maximum Gasteiger partial charge on any atom is 0.0266 e. The molecule has 13 heavy (non-hydrogen) atoms. The molecule has 2 nitrogen and oxygen atoms in total. The summed E-state index contributed by atoms with van der Waals surface area (Å²) >= 11 is 0. The van der Waals surface area contributed by atoms with Crippen molar-refractivity contribution in [2.75, 3.05) is 6.54 Å². The monoisotopic (exact) mass is 182 g/mol. The third kappa shape index (κ3) is 2.94. The molecule has 0 radical (unpaired) electrons. The first-order valence-electron chi connectivity index (χ1n) is 5.22. The molecular formula is C11H22N2. The minimum atomic E-state index is 0.446. The minimum Gasteiger partial charge on any atom is -0.401 e. The molecule has 1 fully saturated rings. The largest absolute Gasteiger partial charge is 0.401 e. The van der Waals surface area contributed by atoms with Crippen LogP contribution in [0, 0.1) is 11.3 Å². The molecule has 0 saturated heterocycles. The van der Waals surface area contributed by atoms with Gasteiger partial charge in [-0.15, -0.1) is 0 Å². The molecule has 0 atom stereocenters. The minimum absolute atomic E-state index is 0.446. The Labute approximate surface area is 81.6 Å². The van der Waals surface area contributed by atoms with E-state index in [0.29, 0.717) is 11.3 Å². The molecule has 0 aromatic heterocycles. The lowest BCUT2D eigenvalue weighted by atomic mass is 9.70. The maximum atomic E-state index is 5.80. The van der Waals surface area contributed by atoms with Crippen molar-refractivity contribution in [2.24, 2.45) is 17.1 Å². The van der Waals surface area contributed by atoms with Crippen LogP contribution in [0.25, 0.3) is 0 Å². The summed E-state index contributed by atoms with van der Waals surface area (Å²) in [4.78, 5) is 0. The molecule has 0 aromatic rings. The van der Waals surface area contributed by atoms with Gasteiger partial charge >= 0.3 is 0 Å². The van der Waals surface area contributed by atoms with Crippen molar-refractivity contribution in [3.8, 4) is 0 Å². The standard InChI is InChI=1S/C11H22N2/c1-9(2)10(12)7-13-8-11(3)5-4-6-11/h7,9,13H,4-6,8,12H2,1-3H3/b10-7-. The second-order valence-corrected chi connectivity index (χ2v) is 4.84. The molecule has 76 valence electrons. The van der Waals surface area contributed by atoms with E-state index in [4.69, 9.17) is 5.73 Å². The average Bonchev–Trinajstić information content (AvgIpc) is 2.01. The van der Waals surface area contributed by atoms with E-state index in [1.165, 1.54) is 19.3 Å². The molecule has 0 amide bonds. The second kappa shape index (κ2) is 4.03. The molecule has 0 aromatic carbocycles. The van der Waals surface area contributed by atoms with Crippen LogP contribution in [-0.4, -0.2) is 6.54 Å². The van der Waals surface area contributed by atoms with Crippen molar-refractivity contribution in [1.82, 2.24) is 5.32 Å². The zero-order valence-electron chi connectivity index (χ0n) is 9.06. The SMILES string of the molecule is CC(C)/C(N)=C/NCC1(C)CCC1. The molecule has 0 unspecified atom stereocenters. The van der Waals surface area contributed by atoms with Gasteiger partial charge in [-0.05, 0) is 24.2 Å². The Morgan fingerprint density at radius 3 is 2.54 bits per heavy atom. The lowest BCUT2D eigenvalue weighted by Crippen LogP contribution is -2.35. The van der Waals surface area contributed by atoms with E-state index in [1.54, 1.807) is 0 Å². The van der Waals surface area contributed by atoms with Crippen LogP contribution in [0.2, 0.25) is 0 Å². The third-order valence-corrected chi connectivity index (χ3v) is 3.02.